The number of likely N-dealkylation sites (N-methyl/N-ethyl adjacent to an activating group) is 1. The first kappa shape index (κ1) is 29.4. The van der Waals surface area contributed by atoms with E-state index in [0.29, 0.717) is 22.4 Å². The van der Waals surface area contributed by atoms with Crippen LogP contribution < -0.4 is 5.73 Å². The van der Waals surface area contributed by atoms with Crippen molar-refractivity contribution in [3.63, 3.8) is 0 Å². The number of phenols is 1. The number of aromatic nitrogens is 1. The van der Waals surface area contributed by atoms with Crippen LogP contribution in [0.3, 0.4) is 0 Å². The number of fused-ring (bicyclic) bond motifs is 3. The fraction of sp³-hybridized carbons (Fsp3) is 0.433. The molecule has 12 nitrogen and oxygen atoms in total. The molecule has 0 spiro atoms. The molecule has 42 heavy (non-hydrogen) atoms. The summed E-state index contributed by atoms with van der Waals surface area (Å²) in [7, 11) is 4.49. The van der Waals surface area contributed by atoms with Crippen LogP contribution >= 0.6 is 0 Å². The second-order valence-electron chi connectivity index (χ2n) is 11.5. The van der Waals surface area contributed by atoms with E-state index in [2.05, 4.69) is 4.98 Å². The molecule has 6 atom stereocenters. The minimum atomic E-state index is -2.78. The number of benzene rings is 1. The molecule has 2 unspecified atom stereocenters. The second-order valence-corrected chi connectivity index (χ2v) is 11.5. The van der Waals surface area contributed by atoms with Crippen molar-refractivity contribution in [1.82, 2.24) is 9.88 Å². The number of phenolic OH excluding ortho intramolecular Hbond substituents is 1. The number of hydrogen-bond acceptors (Lipinski definition) is 11. The van der Waals surface area contributed by atoms with Gasteiger partial charge in [-0.15, -0.1) is 0 Å². The molecule has 1 aromatic heterocycles. The number of carbonyl (C=O) groups excluding carboxylic acids is 6. The van der Waals surface area contributed by atoms with Crippen molar-refractivity contribution in [2.75, 3.05) is 27.8 Å². The van der Waals surface area contributed by atoms with E-state index >= 15 is 0 Å². The molecule has 2 aromatic rings. The summed E-state index contributed by atoms with van der Waals surface area (Å²) in [6.45, 7) is -0.0260. The lowest BCUT2D eigenvalue weighted by molar-refractivity contribution is -0.181. The number of nitrogens with zero attached hydrogens (tertiary/aromatic N) is 2. The van der Waals surface area contributed by atoms with Crippen molar-refractivity contribution in [1.29, 1.82) is 0 Å². The Kier molecular flexibility index (Phi) is 7.42. The molecule has 0 radical (unpaired) electrons. The molecule has 4 N–H and O–H groups in total. The van der Waals surface area contributed by atoms with Gasteiger partial charge in [-0.25, -0.2) is 0 Å². The number of amides is 1. The molecule has 3 aliphatic rings. The Morgan fingerprint density at radius 3 is 2.43 bits per heavy atom. The van der Waals surface area contributed by atoms with Gasteiger partial charge in [0.05, 0.1) is 23.2 Å². The fourth-order valence-electron chi connectivity index (χ4n) is 6.97. The van der Waals surface area contributed by atoms with E-state index in [1.54, 1.807) is 18.2 Å². The van der Waals surface area contributed by atoms with Crippen LogP contribution in [0, 0.1) is 23.7 Å². The number of pyridine rings is 1. The highest BCUT2D eigenvalue weighted by Gasteiger charge is 2.69. The van der Waals surface area contributed by atoms with E-state index in [-0.39, 0.29) is 43.0 Å². The molecule has 1 heterocycles. The lowest BCUT2D eigenvalue weighted by Crippen LogP contribution is -2.74. The zero-order valence-corrected chi connectivity index (χ0v) is 23.3. The Bertz CT molecular complexity index is 1530. The third-order valence-corrected chi connectivity index (χ3v) is 8.75. The lowest BCUT2D eigenvalue weighted by atomic mass is 9.52. The SMILES string of the molecule is COCC(=O)Cc1ccc(-c2ccc(O)c3c2C[C@H]2C[C@H]4[C@@H](N(C)C)C(=O)C(C(N)=O)C(=O)[C@@]4(O)C(=O)C2C3=O)nc1. The van der Waals surface area contributed by atoms with E-state index in [1.807, 2.05) is 0 Å². The van der Waals surface area contributed by atoms with E-state index in [1.165, 1.54) is 38.4 Å². The molecule has 0 saturated heterocycles. The molecule has 0 bridgehead atoms. The van der Waals surface area contributed by atoms with Crippen molar-refractivity contribution in [3.05, 3.63) is 47.2 Å². The van der Waals surface area contributed by atoms with Gasteiger partial charge in [-0.2, -0.15) is 0 Å². The van der Waals surface area contributed by atoms with Crippen molar-refractivity contribution in [2.24, 2.45) is 29.4 Å². The summed E-state index contributed by atoms with van der Waals surface area (Å²) in [5, 5.41) is 22.4. The monoisotopic (exact) mass is 577 g/mol. The maximum absolute atomic E-state index is 13.9. The number of aromatic hydroxyl groups is 1. The van der Waals surface area contributed by atoms with Crippen LogP contribution in [0.1, 0.15) is 27.9 Å². The summed E-state index contributed by atoms with van der Waals surface area (Å²) >= 11 is 0. The largest absolute Gasteiger partial charge is 0.507 e. The van der Waals surface area contributed by atoms with Crippen molar-refractivity contribution < 1.29 is 43.7 Å². The second kappa shape index (κ2) is 10.6. The highest BCUT2D eigenvalue weighted by molar-refractivity contribution is 6.32. The summed E-state index contributed by atoms with van der Waals surface area (Å²) in [6, 6.07) is 5.15. The third kappa shape index (κ3) is 4.37. The topological polar surface area (TPSA) is 194 Å². The van der Waals surface area contributed by atoms with Gasteiger partial charge in [0.1, 0.15) is 12.4 Å². The van der Waals surface area contributed by atoms with Crippen LogP contribution in [0.25, 0.3) is 11.3 Å². The molecule has 12 heteroatoms. The molecule has 1 aromatic carbocycles. The number of hydrogen-bond donors (Lipinski definition) is 3. The Morgan fingerprint density at radius 1 is 1.12 bits per heavy atom. The van der Waals surface area contributed by atoms with Gasteiger partial charge in [-0.05, 0) is 62.2 Å². The molecule has 2 saturated carbocycles. The number of aliphatic hydroxyl groups is 1. The van der Waals surface area contributed by atoms with Gasteiger partial charge >= 0.3 is 0 Å². The molecule has 2 fully saturated rings. The predicted octanol–water partition coefficient (Wildman–Crippen LogP) is -0.313. The molecular formula is C30H31N3O9. The van der Waals surface area contributed by atoms with Crippen molar-refractivity contribution in [3.8, 4) is 17.0 Å². The number of ketones is 5. The average Bonchev–Trinajstić information content (AvgIpc) is 2.91. The first-order valence-corrected chi connectivity index (χ1v) is 13.5. The van der Waals surface area contributed by atoms with E-state index in [9.17, 15) is 39.0 Å². The number of Topliss-reactive ketones (excluding diaryl/α,β-unsaturated/α-hetero) is 5. The standard InChI is InChI=1S/C30H31N3O9/c1-33(2)24-18-10-14-9-17-16(19-6-4-13(11-32-19)8-15(34)12-42-3)5-7-20(35)22(17)25(36)21(14)27(38)30(18,41)28(39)23(26(24)37)29(31)40/h4-7,11,14,18,21,23-24,35,41H,8-10,12H2,1-3H3,(H2,31,40)/t14-,18-,21?,23?,24+,30-/m0/s1. The summed E-state index contributed by atoms with van der Waals surface area (Å²) in [5.74, 6) is -11.1. The van der Waals surface area contributed by atoms with Crippen LogP contribution in [0.2, 0.25) is 0 Å². The number of carbonyl (C=O) groups is 6. The van der Waals surface area contributed by atoms with Crippen LogP contribution in [0.15, 0.2) is 30.5 Å². The smallest absolute Gasteiger partial charge is 0.235 e. The third-order valence-electron chi connectivity index (χ3n) is 8.75. The van der Waals surface area contributed by atoms with Crippen LogP contribution in [0.4, 0.5) is 0 Å². The van der Waals surface area contributed by atoms with Crippen LogP contribution in [-0.4, -0.2) is 94.4 Å². The lowest BCUT2D eigenvalue weighted by Gasteiger charge is -2.52. The maximum atomic E-state index is 13.9. The van der Waals surface area contributed by atoms with Gasteiger partial charge in [0.15, 0.2) is 40.4 Å². The molecule has 1 amide bonds. The maximum Gasteiger partial charge on any atom is 0.235 e. The van der Waals surface area contributed by atoms with E-state index < -0.39 is 64.4 Å². The minimum Gasteiger partial charge on any atom is -0.507 e. The number of rotatable bonds is 7. The van der Waals surface area contributed by atoms with Gasteiger partial charge in [0.2, 0.25) is 5.91 Å². The first-order valence-electron chi connectivity index (χ1n) is 13.5. The zero-order valence-electron chi connectivity index (χ0n) is 23.3. The Morgan fingerprint density at radius 2 is 1.83 bits per heavy atom. The van der Waals surface area contributed by atoms with E-state index in [0.717, 1.165) is 0 Å². The predicted molar refractivity (Wildman–Crippen MR) is 145 cm³/mol. The quantitative estimate of drug-likeness (QED) is 0.365. The summed E-state index contributed by atoms with van der Waals surface area (Å²) in [5.41, 5.74) is 4.57. The summed E-state index contributed by atoms with van der Waals surface area (Å²) in [4.78, 5) is 84.4. The molecular weight excluding hydrogens is 546 g/mol. The van der Waals surface area contributed by atoms with Gasteiger partial charge < -0.3 is 20.7 Å². The Labute approximate surface area is 240 Å². The molecule has 220 valence electrons. The van der Waals surface area contributed by atoms with Gasteiger partial charge in [-0.1, -0.05) is 6.07 Å². The summed E-state index contributed by atoms with van der Waals surface area (Å²) < 4.78 is 4.86. The van der Waals surface area contributed by atoms with Gasteiger partial charge in [0, 0.05) is 31.2 Å². The fourth-order valence-corrected chi connectivity index (χ4v) is 6.97. The highest BCUT2D eigenvalue weighted by atomic mass is 16.5. The zero-order chi connectivity index (χ0) is 30.7. The average molecular weight is 578 g/mol. The number of methoxy groups -OCH3 is 1. The normalized spacial score (nSPS) is 28.7. The Balaban J connectivity index is 1.56. The van der Waals surface area contributed by atoms with Gasteiger partial charge in [-0.3, -0.25) is 38.7 Å². The number of ether oxygens (including phenoxy) is 1. The molecule has 5 rings (SSSR count). The molecule has 0 aliphatic heterocycles. The summed E-state index contributed by atoms with van der Waals surface area (Å²) in [6.07, 6.45) is 1.73. The number of nitrogens with two attached hydrogens (primary N) is 1. The first-order chi connectivity index (χ1) is 19.8. The van der Waals surface area contributed by atoms with Crippen molar-refractivity contribution >= 4 is 34.8 Å². The van der Waals surface area contributed by atoms with Gasteiger partial charge in [0.25, 0.3) is 0 Å². The highest BCUT2D eigenvalue weighted by Crippen LogP contribution is 2.51. The van der Waals surface area contributed by atoms with E-state index in [4.69, 9.17) is 10.5 Å². The minimum absolute atomic E-state index is 0.0260. The number of primary amides is 1. The van der Waals surface area contributed by atoms with Crippen molar-refractivity contribution in [2.45, 2.75) is 30.9 Å². The van der Waals surface area contributed by atoms with Crippen LogP contribution in [0.5, 0.6) is 5.75 Å². The molecule has 3 aliphatic carbocycles. The Hall–Kier alpha value is -4.13. The van der Waals surface area contributed by atoms with Crippen LogP contribution in [-0.2, 0) is 41.6 Å².